The van der Waals surface area contributed by atoms with Gasteiger partial charge >= 0.3 is 0 Å². The van der Waals surface area contributed by atoms with Gasteiger partial charge in [0.15, 0.2) is 0 Å². The molecule has 120 valence electrons. The number of aryl methyl sites for hydroxylation is 1. The monoisotopic (exact) mass is 335 g/mol. The molecule has 0 aromatic heterocycles. The van der Waals surface area contributed by atoms with Crippen LogP contribution in [0, 0.1) is 0 Å². The first kappa shape index (κ1) is 19.9. The van der Waals surface area contributed by atoms with E-state index in [2.05, 4.69) is 5.32 Å². The van der Waals surface area contributed by atoms with E-state index in [-0.39, 0.29) is 35.7 Å². The van der Waals surface area contributed by atoms with Crippen LogP contribution in [0.3, 0.4) is 0 Å². The normalized spacial score (nSPS) is 12.4. The molecule has 0 heterocycles. The van der Waals surface area contributed by atoms with Crippen molar-refractivity contribution >= 4 is 34.0 Å². The zero-order chi connectivity index (χ0) is 15.3. The lowest BCUT2D eigenvalue weighted by Crippen LogP contribution is -2.20. The molecule has 0 aliphatic carbocycles. The molecule has 0 fully saturated rings. The van der Waals surface area contributed by atoms with Crippen molar-refractivity contribution in [3.8, 4) is 0 Å². The molecule has 21 heavy (non-hydrogen) atoms. The van der Waals surface area contributed by atoms with Crippen LogP contribution in [0.1, 0.15) is 32.3 Å². The van der Waals surface area contributed by atoms with Crippen LogP contribution in [0.2, 0.25) is 0 Å². The second kappa shape index (κ2) is 8.33. The quantitative estimate of drug-likeness (QED) is 0.728. The first-order valence-corrected chi connectivity index (χ1v) is 7.99. The molecular formula is C13H22ClN3O3S. The number of rotatable bonds is 6. The average molecular weight is 336 g/mol. The Bertz CT molecular complexity index is 588. The first-order valence-electron chi connectivity index (χ1n) is 6.45. The van der Waals surface area contributed by atoms with Crippen molar-refractivity contribution in [2.45, 2.75) is 44.0 Å². The molecule has 1 unspecified atom stereocenters. The fourth-order valence-corrected chi connectivity index (χ4v) is 2.64. The minimum Gasteiger partial charge on any atom is -0.328 e. The van der Waals surface area contributed by atoms with Crippen LogP contribution in [0.4, 0.5) is 5.69 Å². The highest BCUT2D eigenvalue weighted by atomic mass is 35.5. The van der Waals surface area contributed by atoms with Crippen LogP contribution in [0.5, 0.6) is 0 Å². The number of sulfonamides is 1. The predicted molar refractivity (Wildman–Crippen MR) is 86.0 cm³/mol. The summed E-state index contributed by atoms with van der Waals surface area (Å²) in [6.07, 6.45) is 1.41. The third-order valence-corrected chi connectivity index (χ3v) is 3.86. The zero-order valence-electron chi connectivity index (χ0n) is 12.1. The molecule has 1 aromatic rings. The maximum atomic E-state index is 11.7. The second-order valence-corrected chi connectivity index (χ2v) is 6.32. The number of benzene rings is 1. The summed E-state index contributed by atoms with van der Waals surface area (Å²) in [7, 11) is -3.80. The highest BCUT2D eigenvalue weighted by molar-refractivity contribution is 7.89. The third-order valence-electron chi connectivity index (χ3n) is 2.87. The van der Waals surface area contributed by atoms with Gasteiger partial charge in [-0.25, -0.2) is 13.6 Å². The fourth-order valence-electron chi connectivity index (χ4n) is 1.77. The van der Waals surface area contributed by atoms with Crippen LogP contribution >= 0.6 is 12.4 Å². The molecule has 1 amide bonds. The Balaban J connectivity index is 0.00000400. The van der Waals surface area contributed by atoms with E-state index >= 15 is 0 Å². The molecule has 5 N–H and O–H groups in total. The van der Waals surface area contributed by atoms with Gasteiger partial charge in [0.05, 0.1) is 4.90 Å². The van der Waals surface area contributed by atoms with Crippen molar-refractivity contribution < 1.29 is 13.2 Å². The van der Waals surface area contributed by atoms with Gasteiger partial charge in [-0.15, -0.1) is 12.4 Å². The number of amides is 1. The number of nitrogens with two attached hydrogens (primary N) is 2. The number of anilines is 1. The third kappa shape index (κ3) is 6.43. The van der Waals surface area contributed by atoms with E-state index in [9.17, 15) is 13.2 Å². The summed E-state index contributed by atoms with van der Waals surface area (Å²) in [6, 6.07) is 4.65. The summed E-state index contributed by atoms with van der Waals surface area (Å²) in [4.78, 5) is 11.7. The Morgan fingerprint density at radius 3 is 2.48 bits per heavy atom. The molecule has 1 aromatic carbocycles. The van der Waals surface area contributed by atoms with Gasteiger partial charge in [0.25, 0.3) is 0 Å². The average Bonchev–Trinajstić information content (AvgIpc) is 2.35. The predicted octanol–water partition coefficient (Wildman–Crippen LogP) is 1.38. The maximum absolute atomic E-state index is 11.7. The summed E-state index contributed by atoms with van der Waals surface area (Å²) in [5, 5.41) is 7.82. The molecule has 0 saturated carbocycles. The standard InChI is InChI=1S/C13H21N3O3S.ClH/c1-3-10-5-6-11(8-12(10)20(15,18)19)16-13(17)7-4-9(2)14;/h5-6,8-9H,3-4,7,14H2,1-2H3,(H,16,17)(H2,15,18,19);1H. The summed E-state index contributed by atoms with van der Waals surface area (Å²) in [6.45, 7) is 3.66. The topological polar surface area (TPSA) is 115 Å². The smallest absolute Gasteiger partial charge is 0.238 e. The van der Waals surface area contributed by atoms with E-state index in [1.54, 1.807) is 12.1 Å². The fraction of sp³-hybridized carbons (Fsp3) is 0.462. The van der Waals surface area contributed by atoms with Crippen LogP contribution < -0.4 is 16.2 Å². The van der Waals surface area contributed by atoms with Crippen LogP contribution in [0.25, 0.3) is 0 Å². The lowest BCUT2D eigenvalue weighted by Gasteiger charge is -2.10. The number of carbonyl (C=O) groups excluding carboxylic acids is 1. The van der Waals surface area contributed by atoms with Gasteiger partial charge in [-0.2, -0.15) is 0 Å². The lowest BCUT2D eigenvalue weighted by atomic mass is 10.1. The first-order chi connectivity index (χ1) is 9.24. The summed E-state index contributed by atoms with van der Waals surface area (Å²) >= 11 is 0. The number of hydrogen-bond donors (Lipinski definition) is 3. The van der Waals surface area contributed by atoms with Gasteiger partial charge in [0.1, 0.15) is 0 Å². The molecule has 6 nitrogen and oxygen atoms in total. The van der Waals surface area contributed by atoms with Gasteiger partial charge in [-0.3, -0.25) is 4.79 Å². The van der Waals surface area contributed by atoms with Crippen molar-refractivity contribution in [2.75, 3.05) is 5.32 Å². The second-order valence-electron chi connectivity index (χ2n) is 4.79. The summed E-state index contributed by atoms with van der Waals surface area (Å²) in [5.74, 6) is -0.202. The number of carbonyl (C=O) groups is 1. The van der Waals surface area contributed by atoms with Gasteiger partial charge in [0.2, 0.25) is 15.9 Å². The highest BCUT2D eigenvalue weighted by Crippen LogP contribution is 2.20. The molecule has 0 bridgehead atoms. The van der Waals surface area contributed by atoms with Gasteiger partial charge in [-0.1, -0.05) is 13.0 Å². The molecule has 0 aliphatic rings. The Hall–Kier alpha value is -1.15. The largest absolute Gasteiger partial charge is 0.328 e. The Labute approximate surface area is 131 Å². The lowest BCUT2D eigenvalue weighted by molar-refractivity contribution is -0.116. The van der Waals surface area contributed by atoms with Crippen molar-refractivity contribution in [1.82, 2.24) is 0 Å². The van der Waals surface area contributed by atoms with E-state index < -0.39 is 10.0 Å². The molecule has 1 rings (SSSR count). The molecule has 8 heteroatoms. The zero-order valence-corrected chi connectivity index (χ0v) is 13.8. The van der Waals surface area contributed by atoms with Crippen molar-refractivity contribution in [3.63, 3.8) is 0 Å². The Kier molecular flexibility index (Phi) is 7.87. The number of primary sulfonamides is 1. The number of halogens is 1. The van der Waals surface area contributed by atoms with Crippen LogP contribution in [0.15, 0.2) is 23.1 Å². The Morgan fingerprint density at radius 1 is 1.38 bits per heavy atom. The van der Waals surface area contributed by atoms with E-state index in [0.29, 0.717) is 24.1 Å². The molecule has 0 spiro atoms. The van der Waals surface area contributed by atoms with Crippen molar-refractivity contribution in [2.24, 2.45) is 10.9 Å². The summed E-state index contributed by atoms with van der Waals surface area (Å²) < 4.78 is 23.0. The van der Waals surface area contributed by atoms with Crippen LogP contribution in [-0.2, 0) is 21.2 Å². The maximum Gasteiger partial charge on any atom is 0.238 e. The van der Waals surface area contributed by atoms with Gasteiger partial charge in [-0.05, 0) is 37.5 Å². The molecule has 1 atom stereocenters. The van der Waals surface area contributed by atoms with E-state index in [0.717, 1.165) is 0 Å². The Morgan fingerprint density at radius 2 is 2.00 bits per heavy atom. The van der Waals surface area contributed by atoms with Gasteiger partial charge < -0.3 is 11.1 Å². The van der Waals surface area contributed by atoms with E-state index in [4.69, 9.17) is 10.9 Å². The molecule has 0 saturated heterocycles. The number of nitrogens with one attached hydrogen (secondary N) is 1. The van der Waals surface area contributed by atoms with Crippen molar-refractivity contribution in [1.29, 1.82) is 0 Å². The SMILES string of the molecule is CCc1ccc(NC(=O)CCC(C)N)cc1S(N)(=O)=O.Cl. The summed E-state index contributed by atoms with van der Waals surface area (Å²) in [5.41, 5.74) is 6.62. The highest BCUT2D eigenvalue weighted by Gasteiger charge is 2.14. The molecular weight excluding hydrogens is 314 g/mol. The number of hydrogen-bond acceptors (Lipinski definition) is 4. The van der Waals surface area contributed by atoms with Crippen molar-refractivity contribution in [3.05, 3.63) is 23.8 Å². The van der Waals surface area contributed by atoms with Gasteiger partial charge in [0, 0.05) is 18.2 Å². The molecule has 0 radical (unpaired) electrons. The van der Waals surface area contributed by atoms with E-state index in [1.807, 2.05) is 13.8 Å². The minimum atomic E-state index is -3.80. The van der Waals surface area contributed by atoms with E-state index in [1.165, 1.54) is 6.07 Å². The van der Waals surface area contributed by atoms with Crippen LogP contribution in [-0.4, -0.2) is 20.4 Å². The minimum absolute atomic E-state index is 0. The molecule has 0 aliphatic heterocycles.